The molecule has 17 nitrogen and oxygen atoms in total. The molecule has 2 aliphatic heterocycles. The number of carboxylic acids is 1. The fraction of sp³-hybridized carbons (Fsp3) is 0.489. The quantitative estimate of drug-likeness (QED) is 0.0207. The number of aliphatic carboxylic acids is 1. The molecule has 0 saturated carbocycles. The minimum absolute atomic E-state index is 0.0348. The molecule has 0 spiro atoms. The molecule has 0 fully saturated rings. The SMILES string of the molecule is CC[C@@H]1c2cc3[nH]c4c(c3C)C(=O)C(C(=O)OC)c4c3nc(cc4[nH]c(cc(n2)[C@H]1C)c(C(C)=O)c4C)[C@H](C)[C@H]3CCCNCCCC(NC(=O)c1[nH]cnc1N=NC(C)C)C(=O)O. The molecule has 4 aromatic heterocycles. The molecule has 338 valence electrons. The lowest BCUT2D eigenvalue weighted by Gasteiger charge is -2.19. The number of Topliss-reactive ketones (excluding diaryl/α,β-unsaturated/α-hetero) is 2. The maximum Gasteiger partial charge on any atom is 0.326 e. The highest BCUT2D eigenvalue weighted by Crippen LogP contribution is 2.48. The number of aryl methyl sites for hydroxylation is 2. The summed E-state index contributed by atoms with van der Waals surface area (Å²) in [4.78, 5) is 90.4. The second kappa shape index (κ2) is 18.8. The monoisotopic (exact) mass is 874 g/mol. The van der Waals surface area contributed by atoms with Gasteiger partial charge in [-0.2, -0.15) is 5.11 Å². The second-order valence-corrected chi connectivity index (χ2v) is 17.5. The average molecular weight is 875 g/mol. The number of carboxylic acid groups (broad SMARTS) is 1. The number of imidazole rings is 1. The third kappa shape index (κ3) is 8.64. The van der Waals surface area contributed by atoms with Crippen LogP contribution in [0.15, 0.2) is 34.8 Å². The number of ketones is 2. The molecule has 17 heteroatoms. The van der Waals surface area contributed by atoms with Gasteiger partial charge >= 0.3 is 11.9 Å². The summed E-state index contributed by atoms with van der Waals surface area (Å²) in [6, 6.07) is 4.74. The number of aromatic nitrogens is 6. The highest BCUT2D eigenvalue weighted by atomic mass is 16.5. The number of nitrogens with one attached hydrogen (secondary N) is 5. The Hall–Kier alpha value is -6.36. The summed E-state index contributed by atoms with van der Waals surface area (Å²) in [5.41, 5.74) is 9.02. The van der Waals surface area contributed by atoms with E-state index in [1.54, 1.807) is 6.92 Å². The normalized spacial score (nSPS) is 19.7. The van der Waals surface area contributed by atoms with Gasteiger partial charge in [-0.15, -0.1) is 5.11 Å². The number of amides is 1. The maximum absolute atomic E-state index is 14.4. The van der Waals surface area contributed by atoms with Gasteiger partial charge < -0.3 is 35.4 Å². The van der Waals surface area contributed by atoms with Crippen LogP contribution < -0.4 is 10.6 Å². The van der Waals surface area contributed by atoms with Crippen molar-refractivity contribution in [2.45, 2.75) is 129 Å². The Labute approximate surface area is 371 Å². The van der Waals surface area contributed by atoms with E-state index in [4.69, 9.17) is 14.7 Å². The lowest BCUT2D eigenvalue weighted by atomic mass is 9.84. The zero-order chi connectivity index (χ0) is 46.1. The van der Waals surface area contributed by atoms with Crippen LogP contribution in [-0.4, -0.2) is 96.7 Å². The molecule has 64 heavy (non-hydrogen) atoms. The van der Waals surface area contributed by atoms with E-state index in [1.807, 2.05) is 45.9 Å². The number of nitrogens with zero attached hydrogens (tertiary/aromatic N) is 5. The molecule has 1 amide bonds. The molecular weight excluding hydrogens is 817 g/mol. The second-order valence-electron chi connectivity index (χ2n) is 17.5. The van der Waals surface area contributed by atoms with Crippen molar-refractivity contribution in [3.05, 3.63) is 80.8 Å². The summed E-state index contributed by atoms with van der Waals surface area (Å²) >= 11 is 0. The van der Waals surface area contributed by atoms with Crippen molar-refractivity contribution in [2.75, 3.05) is 20.2 Å². The lowest BCUT2D eigenvalue weighted by Crippen LogP contribution is -2.41. The van der Waals surface area contributed by atoms with E-state index < -0.39 is 29.8 Å². The maximum atomic E-state index is 14.4. The predicted molar refractivity (Wildman–Crippen MR) is 241 cm³/mol. The Morgan fingerprint density at radius 2 is 1.59 bits per heavy atom. The summed E-state index contributed by atoms with van der Waals surface area (Å²) in [7, 11) is 1.29. The van der Waals surface area contributed by atoms with Crippen molar-refractivity contribution >= 4 is 57.3 Å². The Morgan fingerprint density at radius 3 is 2.28 bits per heavy atom. The molecule has 6 heterocycles. The predicted octanol–water partition coefficient (Wildman–Crippen LogP) is 8.02. The smallest absolute Gasteiger partial charge is 0.326 e. The summed E-state index contributed by atoms with van der Waals surface area (Å²) < 4.78 is 5.27. The number of azo groups is 1. The average Bonchev–Trinajstić information content (AvgIpc) is 4.08. The van der Waals surface area contributed by atoms with Crippen LogP contribution in [0.3, 0.4) is 0 Å². The van der Waals surface area contributed by atoms with Crippen molar-refractivity contribution in [2.24, 2.45) is 10.2 Å². The number of methoxy groups -OCH3 is 1. The van der Waals surface area contributed by atoms with Crippen LogP contribution in [0.1, 0.15) is 174 Å². The number of carbonyl (C=O) groups excluding carboxylic acids is 4. The van der Waals surface area contributed by atoms with Crippen LogP contribution >= 0.6 is 0 Å². The first-order valence-corrected chi connectivity index (χ1v) is 22.1. The van der Waals surface area contributed by atoms with E-state index in [-0.39, 0.29) is 59.2 Å². The Balaban J connectivity index is 1.19. The van der Waals surface area contributed by atoms with E-state index >= 15 is 0 Å². The van der Waals surface area contributed by atoms with Gasteiger partial charge in [0.2, 0.25) is 5.82 Å². The van der Waals surface area contributed by atoms with Crippen molar-refractivity contribution in [1.82, 2.24) is 40.5 Å². The minimum Gasteiger partial charge on any atom is -0.480 e. The number of hydrogen-bond acceptors (Lipinski definition) is 12. The summed E-state index contributed by atoms with van der Waals surface area (Å²) in [6.45, 7) is 16.5. The summed E-state index contributed by atoms with van der Waals surface area (Å²) in [5, 5.41) is 23.9. The number of H-pyrrole nitrogens is 3. The van der Waals surface area contributed by atoms with E-state index in [1.165, 1.54) is 13.4 Å². The molecule has 0 saturated heterocycles. The first-order valence-electron chi connectivity index (χ1n) is 22.1. The number of esters is 1. The topological polar surface area (TPSA) is 250 Å². The van der Waals surface area contributed by atoms with Crippen LogP contribution in [0.5, 0.6) is 0 Å². The van der Waals surface area contributed by atoms with Gasteiger partial charge in [0.1, 0.15) is 12.0 Å². The van der Waals surface area contributed by atoms with Crippen molar-refractivity contribution in [1.29, 1.82) is 0 Å². The van der Waals surface area contributed by atoms with Crippen molar-refractivity contribution < 1.29 is 33.8 Å². The van der Waals surface area contributed by atoms with Gasteiger partial charge in [-0.25, -0.2) is 9.78 Å². The number of carbonyl (C=O) groups is 5. The number of fused-ring (bicyclic) bond motifs is 8. The lowest BCUT2D eigenvalue weighted by molar-refractivity contribution is -0.141. The Bertz CT molecular complexity index is 2710. The van der Waals surface area contributed by atoms with Crippen molar-refractivity contribution in [3.8, 4) is 0 Å². The highest BCUT2D eigenvalue weighted by Gasteiger charge is 2.45. The summed E-state index contributed by atoms with van der Waals surface area (Å²) in [6.07, 6.45) is 4.13. The molecule has 0 aromatic carbocycles. The fourth-order valence-electron chi connectivity index (χ4n) is 9.52. The van der Waals surface area contributed by atoms with Crippen molar-refractivity contribution in [3.63, 3.8) is 0 Å². The molecule has 6 atom stereocenters. The molecular formula is C47H58N10O7. The first kappa shape index (κ1) is 45.7. The molecule has 2 unspecified atom stereocenters. The van der Waals surface area contributed by atoms with Crippen LogP contribution in [0.4, 0.5) is 5.82 Å². The van der Waals surface area contributed by atoms with Gasteiger partial charge in [0.15, 0.2) is 17.3 Å². The number of ether oxygens (including phenoxy) is 1. The molecule has 0 radical (unpaired) electrons. The van der Waals surface area contributed by atoms with Gasteiger partial charge in [-0.05, 0) is 109 Å². The van der Waals surface area contributed by atoms with E-state index in [0.29, 0.717) is 65.8 Å². The van der Waals surface area contributed by atoms with Crippen LogP contribution in [0, 0.1) is 13.8 Å². The molecule has 6 N–H and O–H groups in total. The van der Waals surface area contributed by atoms with E-state index in [0.717, 1.165) is 45.7 Å². The molecule has 8 bridgehead atoms. The highest BCUT2D eigenvalue weighted by molar-refractivity contribution is 6.23. The summed E-state index contributed by atoms with van der Waals surface area (Å²) in [5.74, 6) is -4.11. The minimum atomic E-state index is -1.19. The van der Waals surface area contributed by atoms with E-state index in [9.17, 15) is 29.1 Å². The van der Waals surface area contributed by atoms with Crippen LogP contribution in [0.2, 0.25) is 0 Å². The van der Waals surface area contributed by atoms with Gasteiger partial charge in [0.25, 0.3) is 5.91 Å². The third-order valence-electron chi connectivity index (χ3n) is 13.0. The Kier molecular flexibility index (Phi) is 13.4. The fourth-order valence-corrected chi connectivity index (χ4v) is 9.52. The largest absolute Gasteiger partial charge is 0.480 e. The Morgan fingerprint density at radius 1 is 0.922 bits per heavy atom. The molecule has 4 aromatic rings. The molecule has 1 aliphatic carbocycles. The molecule has 3 aliphatic rings. The zero-order valence-corrected chi connectivity index (χ0v) is 37.9. The van der Waals surface area contributed by atoms with Gasteiger partial charge in [-0.3, -0.25) is 29.1 Å². The standard InChI is InChI=1S/C47H58N10O7/c1-10-27-22(4)30-19-35-36(26(8)58)24(6)32(52-35)17-31-23(5)28(40(53-31)38-39(47(63)64-9)43(59)37-25(7)33(54-41(37)38)18-34(27)51-30)13-11-15-48-16-12-14-29(46(61)62)55-45(60)42-44(50-20-49-42)57-56-21(2)3/h17-23,27-29,39,48,52,54H,10-16H2,1-9H3,(H,49,50)(H,55,60)(H,61,62)/t22-,23+,27-,28+,29?,39?/m0/s1. The van der Waals surface area contributed by atoms with E-state index in [2.05, 4.69) is 61.6 Å². The van der Waals surface area contributed by atoms with Gasteiger partial charge in [-0.1, -0.05) is 20.8 Å². The van der Waals surface area contributed by atoms with Crippen LogP contribution in [-0.2, 0) is 14.3 Å². The first-order chi connectivity index (χ1) is 30.6. The van der Waals surface area contributed by atoms with Gasteiger partial charge in [0, 0.05) is 68.5 Å². The number of hydrogen-bond donors (Lipinski definition) is 6. The molecule has 7 rings (SSSR count). The number of aromatic amines is 3. The number of rotatable bonds is 16. The van der Waals surface area contributed by atoms with Gasteiger partial charge in [0.05, 0.1) is 36.2 Å². The van der Waals surface area contributed by atoms with Crippen LogP contribution in [0.25, 0.3) is 22.1 Å². The third-order valence-corrected chi connectivity index (χ3v) is 13.0. The zero-order valence-electron chi connectivity index (χ0n) is 37.9.